The Morgan fingerprint density at radius 3 is 2.94 bits per heavy atom. The van der Waals surface area contributed by atoms with Crippen molar-refractivity contribution in [3.05, 3.63) is 34.5 Å². The van der Waals surface area contributed by atoms with E-state index in [0.717, 1.165) is 9.86 Å². The number of hydrogen-bond donors (Lipinski definition) is 1. The van der Waals surface area contributed by atoms with E-state index in [9.17, 15) is 4.79 Å². The number of benzene rings is 1. The van der Waals surface area contributed by atoms with E-state index < -0.39 is 0 Å². The highest BCUT2D eigenvalue weighted by Crippen LogP contribution is 2.23. The van der Waals surface area contributed by atoms with Crippen molar-refractivity contribution in [2.45, 2.75) is 0 Å². The maximum absolute atomic E-state index is 11.9. The second kappa shape index (κ2) is 4.89. The van der Waals surface area contributed by atoms with Gasteiger partial charge in [-0.15, -0.1) is 0 Å². The molecule has 0 saturated carbocycles. The Labute approximate surface area is 107 Å². The van der Waals surface area contributed by atoms with Crippen molar-refractivity contribution in [2.75, 3.05) is 20.2 Å². The molecule has 2 rings (SSSR count). The van der Waals surface area contributed by atoms with Crippen LogP contribution < -0.4 is 0 Å². The van der Waals surface area contributed by atoms with Crippen LogP contribution in [0.4, 0.5) is 0 Å². The molecule has 1 amide bonds. The minimum Gasteiger partial charge on any atom is -0.451 e. The number of nitrogens with zero attached hydrogens (tertiary/aromatic N) is 1. The van der Waals surface area contributed by atoms with Crippen LogP contribution in [0, 0.1) is 0 Å². The van der Waals surface area contributed by atoms with Crippen molar-refractivity contribution in [1.29, 1.82) is 0 Å². The Hall–Kier alpha value is -1.33. The number of furan rings is 1. The monoisotopic (exact) mass is 297 g/mol. The smallest absolute Gasteiger partial charge is 0.289 e. The Kier molecular flexibility index (Phi) is 3.49. The molecule has 17 heavy (non-hydrogen) atoms. The van der Waals surface area contributed by atoms with Crippen LogP contribution in [0.1, 0.15) is 10.6 Å². The molecule has 2 aromatic rings. The van der Waals surface area contributed by atoms with Crippen LogP contribution in [0.3, 0.4) is 0 Å². The molecule has 1 N–H and O–H groups in total. The first-order valence-corrected chi connectivity index (χ1v) is 5.96. The molecule has 1 heterocycles. The van der Waals surface area contributed by atoms with Gasteiger partial charge in [0.1, 0.15) is 5.58 Å². The maximum Gasteiger partial charge on any atom is 0.289 e. The van der Waals surface area contributed by atoms with Gasteiger partial charge in [-0.1, -0.05) is 15.9 Å². The van der Waals surface area contributed by atoms with Crippen molar-refractivity contribution in [2.24, 2.45) is 0 Å². The molecule has 1 aromatic carbocycles. The number of fused-ring (bicyclic) bond motifs is 1. The van der Waals surface area contributed by atoms with Crippen LogP contribution in [0.25, 0.3) is 11.0 Å². The van der Waals surface area contributed by atoms with Gasteiger partial charge < -0.3 is 14.4 Å². The number of carbonyl (C=O) groups excluding carboxylic acids is 1. The third-order valence-electron chi connectivity index (χ3n) is 2.47. The van der Waals surface area contributed by atoms with Crippen molar-refractivity contribution in [1.82, 2.24) is 4.90 Å². The lowest BCUT2D eigenvalue weighted by Gasteiger charge is -2.13. The lowest BCUT2D eigenvalue weighted by molar-refractivity contribution is 0.0738. The summed E-state index contributed by atoms with van der Waals surface area (Å²) in [5, 5.41) is 9.65. The van der Waals surface area contributed by atoms with E-state index in [-0.39, 0.29) is 18.3 Å². The molecule has 90 valence electrons. The zero-order chi connectivity index (χ0) is 12.4. The zero-order valence-electron chi connectivity index (χ0n) is 9.31. The molecule has 0 fully saturated rings. The highest BCUT2D eigenvalue weighted by molar-refractivity contribution is 9.10. The van der Waals surface area contributed by atoms with E-state index >= 15 is 0 Å². The Morgan fingerprint density at radius 2 is 2.24 bits per heavy atom. The predicted molar refractivity (Wildman–Crippen MR) is 68.0 cm³/mol. The molecule has 0 spiro atoms. The van der Waals surface area contributed by atoms with E-state index in [4.69, 9.17) is 9.52 Å². The predicted octanol–water partition coefficient (Wildman–Crippen LogP) is 2.26. The Morgan fingerprint density at radius 1 is 1.47 bits per heavy atom. The minimum atomic E-state index is -0.230. The molecular weight excluding hydrogens is 286 g/mol. The standard InChI is InChI=1S/C12H12BrNO3/c1-14(4-5-15)12(16)11-7-8-6-9(13)2-3-10(8)17-11/h2-3,6-7,15H,4-5H2,1H3. The minimum absolute atomic E-state index is 0.0615. The summed E-state index contributed by atoms with van der Waals surface area (Å²) in [6.45, 7) is 0.230. The van der Waals surface area contributed by atoms with Crippen LogP contribution in [-0.2, 0) is 0 Å². The highest BCUT2D eigenvalue weighted by atomic mass is 79.9. The molecule has 4 nitrogen and oxygen atoms in total. The third kappa shape index (κ3) is 2.50. The number of halogens is 1. The fourth-order valence-electron chi connectivity index (χ4n) is 1.56. The van der Waals surface area contributed by atoms with Crippen LogP contribution in [0.15, 0.2) is 33.2 Å². The molecule has 0 radical (unpaired) electrons. The summed E-state index contributed by atoms with van der Waals surface area (Å²) in [5.41, 5.74) is 0.675. The zero-order valence-corrected chi connectivity index (χ0v) is 10.9. The van der Waals surface area contributed by atoms with Gasteiger partial charge in [0.05, 0.1) is 6.61 Å². The molecule has 0 saturated heterocycles. The van der Waals surface area contributed by atoms with Crippen LogP contribution in [-0.4, -0.2) is 36.1 Å². The number of aliphatic hydroxyl groups is 1. The van der Waals surface area contributed by atoms with Crippen molar-refractivity contribution >= 4 is 32.8 Å². The van der Waals surface area contributed by atoms with E-state index in [1.54, 1.807) is 13.1 Å². The summed E-state index contributed by atoms with van der Waals surface area (Å²) in [5.74, 6) is 0.0559. The molecule has 5 heteroatoms. The van der Waals surface area contributed by atoms with Gasteiger partial charge in [0, 0.05) is 23.5 Å². The van der Waals surface area contributed by atoms with Gasteiger partial charge in [-0.05, 0) is 24.3 Å². The van der Waals surface area contributed by atoms with Crippen molar-refractivity contribution < 1.29 is 14.3 Å². The van der Waals surface area contributed by atoms with Crippen molar-refractivity contribution in [3.63, 3.8) is 0 Å². The molecule has 1 aromatic heterocycles. The quantitative estimate of drug-likeness (QED) is 0.945. The second-order valence-corrected chi connectivity index (χ2v) is 4.66. The molecule has 0 aliphatic carbocycles. The summed E-state index contributed by atoms with van der Waals surface area (Å²) in [6.07, 6.45) is 0. The first-order chi connectivity index (χ1) is 8.11. The number of likely N-dealkylation sites (N-methyl/N-ethyl adjacent to an activating group) is 1. The van der Waals surface area contributed by atoms with E-state index in [1.807, 2.05) is 18.2 Å². The summed E-state index contributed by atoms with van der Waals surface area (Å²) in [6, 6.07) is 7.26. The summed E-state index contributed by atoms with van der Waals surface area (Å²) >= 11 is 3.36. The van der Waals surface area contributed by atoms with E-state index in [2.05, 4.69) is 15.9 Å². The second-order valence-electron chi connectivity index (χ2n) is 3.74. The molecular formula is C12H12BrNO3. The van der Waals surface area contributed by atoms with Crippen LogP contribution >= 0.6 is 15.9 Å². The summed E-state index contributed by atoms with van der Waals surface area (Å²) < 4.78 is 6.40. The van der Waals surface area contributed by atoms with Gasteiger partial charge in [0.25, 0.3) is 5.91 Å². The Bertz CT molecular complexity index is 550. The van der Waals surface area contributed by atoms with Gasteiger partial charge >= 0.3 is 0 Å². The van der Waals surface area contributed by atoms with Crippen LogP contribution in [0.5, 0.6) is 0 Å². The van der Waals surface area contributed by atoms with Gasteiger partial charge in [0.15, 0.2) is 5.76 Å². The topological polar surface area (TPSA) is 53.7 Å². The van der Waals surface area contributed by atoms with Gasteiger partial charge in [-0.25, -0.2) is 0 Å². The van der Waals surface area contributed by atoms with Crippen LogP contribution in [0.2, 0.25) is 0 Å². The number of carbonyl (C=O) groups is 1. The molecule has 0 bridgehead atoms. The largest absolute Gasteiger partial charge is 0.451 e. The number of hydrogen-bond acceptors (Lipinski definition) is 3. The Balaban J connectivity index is 2.33. The average molecular weight is 298 g/mol. The number of amides is 1. The lowest BCUT2D eigenvalue weighted by atomic mass is 10.2. The van der Waals surface area contributed by atoms with E-state index in [1.165, 1.54) is 4.90 Å². The maximum atomic E-state index is 11.9. The number of aliphatic hydroxyl groups excluding tert-OH is 1. The summed E-state index contributed by atoms with van der Waals surface area (Å²) in [7, 11) is 1.63. The SMILES string of the molecule is CN(CCO)C(=O)c1cc2cc(Br)ccc2o1. The average Bonchev–Trinajstić information content (AvgIpc) is 2.71. The third-order valence-corrected chi connectivity index (χ3v) is 2.96. The van der Waals surface area contributed by atoms with Gasteiger partial charge in [0.2, 0.25) is 0 Å². The lowest BCUT2D eigenvalue weighted by Crippen LogP contribution is -2.29. The number of rotatable bonds is 3. The summed E-state index contributed by atoms with van der Waals surface area (Å²) in [4.78, 5) is 13.3. The van der Waals surface area contributed by atoms with Crippen molar-refractivity contribution in [3.8, 4) is 0 Å². The normalized spacial score (nSPS) is 10.8. The molecule has 0 aliphatic heterocycles. The fourth-order valence-corrected chi connectivity index (χ4v) is 1.94. The first-order valence-electron chi connectivity index (χ1n) is 5.17. The first kappa shape index (κ1) is 12.1. The molecule has 0 atom stereocenters. The van der Waals surface area contributed by atoms with Gasteiger partial charge in [-0.2, -0.15) is 0 Å². The fraction of sp³-hybridized carbons (Fsp3) is 0.250. The highest BCUT2D eigenvalue weighted by Gasteiger charge is 2.16. The molecule has 0 unspecified atom stereocenters. The van der Waals surface area contributed by atoms with E-state index in [0.29, 0.717) is 12.1 Å². The van der Waals surface area contributed by atoms with Gasteiger partial charge in [-0.3, -0.25) is 4.79 Å². The molecule has 0 aliphatic rings.